The van der Waals surface area contributed by atoms with Gasteiger partial charge in [0.05, 0.1) is 50.1 Å². The summed E-state index contributed by atoms with van der Waals surface area (Å²) in [7, 11) is 4.16. The van der Waals surface area contributed by atoms with Crippen molar-refractivity contribution in [1.29, 1.82) is 0 Å². The largest absolute Gasteiger partial charge is 0.496 e. The third kappa shape index (κ3) is 24.1. The van der Waals surface area contributed by atoms with E-state index >= 15 is 0 Å². The minimum absolute atomic E-state index is 0.0128. The van der Waals surface area contributed by atoms with E-state index in [0.717, 1.165) is 16.7 Å². The van der Waals surface area contributed by atoms with Gasteiger partial charge in [0.2, 0.25) is 0 Å². The van der Waals surface area contributed by atoms with Crippen LogP contribution in [0.15, 0.2) is 146 Å². The van der Waals surface area contributed by atoms with Crippen LogP contribution in [0.3, 0.4) is 0 Å². The number of ether oxygens (including phenoxy) is 6. The molecule has 0 aromatic heterocycles. The molecule has 6 aromatic rings. The second-order valence-electron chi connectivity index (χ2n) is 21.8. The van der Waals surface area contributed by atoms with E-state index in [1.807, 2.05) is 97.9 Å². The number of unbranched alkanes of at least 4 members (excludes halogenated alkanes) is 3. The summed E-state index contributed by atoms with van der Waals surface area (Å²) in [5.41, 5.74) is 9.70. The number of primary amides is 1. The van der Waals surface area contributed by atoms with Crippen LogP contribution < -0.4 is 46.5 Å². The Kier molecular flexibility index (Phi) is 29.0. The van der Waals surface area contributed by atoms with Gasteiger partial charge in [0.25, 0.3) is 17.7 Å². The Labute approximate surface area is 530 Å². The lowest BCUT2D eigenvalue weighted by Gasteiger charge is -2.21. The average Bonchev–Trinajstić information content (AvgIpc) is 1.19. The van der Waals surface area contributed by atoms with Crippen molar-refractivity contribution in [3.05, 3.63) is 196 Å². The number of ketones is 3. The Morgan fingerprint density at radius 3 is 1.04 bits per heavy atom. The number of amides is 6. The number of nitrogens with one attached hydrogen (secondary N) is 5. The van der Waals surface area contributed by atoms with E-state index < -0.39 is 59.7 Å². The van der Waals surface area contributed by atoms with Crippen LogP contribution in [-0.2, 0) is 67.7 Å². The van der Waals surface area contributed by atoms with Crippen LogP contribution in [0.5, 0.6) is 17.2 Å². The number of hydrogen-bond donors (Lipinski definition) is 6. The fourth-order valence-corrected chi connectivity index (χ4v) is 9.84. The molecule has 482 valence electrons. The van der Waals surface area contributed by atoms with Crippen LogP contribution in [0.2, 0.25) is 0 Å². The molecule has 21 nitrogen and oxygen atoms in total. The molecule has 0 spiro atoms. The van der Waals surface area contributed by atoms with Crippen LogP contribution in [0.1, 0.15) is 129 Å². The highest BCUT2D eigenvalue weighted by atomic mass is 16.6. The first-order valence-corrected chi connectivity index (χ1v) is 30.4. The van der Waals surface area contributed by atoms with E-state index in [1.165, 1.54) is 45.6 Å². The van der Waals surface area contributed by atoms with Gasteiger partial charge in [-0.1, -0.05) is 123 Å². The molecule has 7 N–H and O–H groups in total. The summed E-state index contributed by atoms with van der Waals surface area (Å²) in [6.45, 7) is 2.97. The molecule has 0 saturated heterocycles. The highest BCUT2D eigenvalue weighted by molar-refractivity contribution is 6.02. The maximum Gasteiger partial charge on any atom is 0.407 e. The summed E-state index contributed by atoms with van der Waals surface area (Å²) >= 11 is 0. The van der Waals surface area contributed by atoms with Crippen LogP contribution in [-0.4, -0.2) is 106 Å². The number of methoxy groups -OCH3 is 3. The molecule has 0 unspecified atom stereocenters. The molecule has 0 heterocycles. The van der Waals surface area contributed by atoms with Gasteiger partial charge in [0, 0.05) is 44.8 Å². The molecular formula is C70H82N6O15. The zero-order valence-corrected chi connectivity index (χ0v) is 52.0. The summed E-state index contributed by atoms with van der Waals surface area (Å²) in [5, 5.41) is 14.0. The average molecular weight is 1250 g/mol. The quantitative estimate of drug-likeness (QED) is 0.0155. The Morgan fingerprint density at radius 1 is 0.385 bits per heavy atom. The first kappa shape index (κ1) is 70.0. The third-order valence-corrected chi connectivity index (χ3v) is 15.0. The summed E-state index contributed by atoms with van der Waals surface area (Å²) in [4.78, 5) is 121. The van der Waals surface area contributed by atoms with Gasteiger partial charge in [-0.25, -0.2) is 14.4 Å². The fourth-order valence-electron chi connectivity index (χ4n) is 9.84. The lowest BCUT2D eigenvalue weighted by atomic mass is 9.93. The SMILES string of the molecule is COc1ccc(CC(=O)[C@H](CCCCNC(=O)OCc2ccccc2)NC(=O)c2cc(CC(=O)[C@H](CCCCNC(=O)OCc3ccccc3)NC(=O)c3cc(CC(=O)[C@@H](C)CCCCNC(=O)OCc4ccccc4)ccc3OC)ccc2OC)cc1C(N)=O. The summed E-state index contributed by atoms with van der Waals surface area (Å²) < 4.78 is 32.5. The molecule has 0 radical (unpaired) electrons. The van der Waals surface area contributed by atoms with Crippen LogP contribution >= 0.6 is 0 Å². The minimum Gasteiger partial charge on any atom is -0.496 e. The van der Waals surface area contributed by atoms with Gasteiger partial charge in [0.15, 0.2) is 11.6 Å². The van der Waals surface area contributed by atoms with E-state index in [4.69, 9.17) is 34.2 Å². The number of Topliss-reactive ketones (excluding diaryl/α,β-unsaturated/α-hetero) is 3. The van der Waals surface area contributed by atoms with Crippen molar-refractivity contribution >= 4 is 53.4 Å². The lowest BCUT2D eigenvalue weighted by molar-refractivity contribution is -0.122. The Balaban J connectivity index is 1.13. The fraction of sp³-hybridized carbons (Fsp3) is 0.357. The first-order chi connectivity index (χ1) is 44.0. The van der Waals surface area contributed by atoms with Gasteiger partial charge in [0.1, 0.15) is 42.9 Å². The van der Waals surface area contributed by atoms with Gasteiger partial charge >= 0.3 is 18.3 Å². The Hall–Kier alpha value is -10.1. The molecule has 0 aliphatic rings. The van der Waals surface area contributed by atoms with E-state index in [2.05, 4.69) is 26.6 Å². The summed E-state index contributed by atoms with van der Waals surface area (Å²) in [6, 6.07) is 39.7. The maximum absolute atomic E-state index is 14.6. The molecule has 0 fully saturated rings. The molecule has 0 aliphatic carbocycles. The highest BCUT2D eigenvalue weighted by Crippen LogP contribution is 2.26. The second-order valence-corrected chi connectivity index (χ2v) is 21.8. The van der Waals surface area contributed by atoms with E-state index in [9.17, 15) is 43.2 Å². The molecule has 0 saturated carbocycles. The van der Waals surface area contributed by atoms with Crippen molar-refractivity contribution in [2.24, 2.45) is 11.7 Å². The molecule has 0 aliphatic heterocycles. The zero-order chi connectivity index (χ0) is 65.3. The van der Waals surface area contributed by atoms with Crippen LogP contribution in [0, 0.1) is 5.92 Å². The highest BCUT2D eigenvalue weighted by Gasteiger charge is 2.28. The van der Waals surface area contributed by atoms with E-state index in [1.54, 1.807) is 30.3 Å². The predicted octanol–water partition coefficient (Wildman–Crippen LogP) is 9.67. The number of alkyl carbamates (subject to hydrolysis) is 3. The number of hydrogen-bond acceptors (Lipinski definition) is 15. The number of benzene rings is 6. The van der Waals surface area contributed by atoms with Crippen molar-refractivity contribution in [1.82, 2.24) is 26.6 Å². The maximum atomic E-state index is 14.6. The standard InChI is InChI=1S/C70H82N6O15/c1-47(20-14-17-35-72-68(83)89-44-48-21-8-5-9-22-48)59(77)41-52-30-33-63(87-3)55(39-52)66(81)76-58(28-16-19-37-74-70(85)91-46-50-25-12-7-13-26-50)61(79)43-53-31-34-64(88-4)56(40-53)67(82)75-57(60(78)42-51-29-32-62(86-2)54(38-51)65(71)80)27-15-18-36-73-69(84)90-45-49-23-10-6-11-24-49/h5-13,21-26,29-34,38-40,47,57-58H,14-20,27-28,35-37,41-46H2,1-4H3,(H2,71,80)(H,72,83)(H,73,84)(H,74,85)(H,75,82)(H,76,81)/t47-,57-,58-/m0/s1. The predicted molar refractivity (Wildman–Crippen MR) is 341 cm³/mol. The first-order valence-electron chi connectivity index (χ1n) is 30.4. The van der Waals surface area contributed by atoms with Gasteiger partial charge in [-0.2, -0.15) is 0 Å². The van der Waals surface area contributed by atoms with Crippen molar-refractivity contribution in [2.75, 3.05) is 41.0 Å². The van der Waals surface area contributed by atoms with Crippen molar-refractivity contribution in [2.45, 2.75) is 116 Å². The van der Waals surface area contributed by atoms with E-state index in [0.29, 0.717) is 68.2 Å². The molecular weight excluding hydrogens is 1160 g/mol. The summed E-state index contributed by atoms with van der Waals surface area (Å²) in [5.74, 6) is -2.70. The van der Waals surface area contributed by atoms with E-state index in [-0.39, 0.29) is 111 Å². The Morgan fingerprint density at radius 2 is 0.703 bits per heavy atom. The Bertz CT molecular complexity index is 3380. The normalized spacial score (nSPS) is 11.7. The number of carbonyl (C=O) groups is 9. The molecule has 6 rings (SSSR count). The van der Waals surface area contributed by atoms with Gasteiger partial charge in [-0.15, -0.1) is 0 Å². The third-order valence-electron chi connectivity index (χ3n) is 15.0. The van der Waals surface area contributed by atoms with Crippen LogP contribution in [0.4, 0.5) is 14.4 Å². The van der Waals surface area contributed by atoms with Gasteiger partial charge < -0.3 is 60.7 Å². The molecule has 21 heteroatoms. The van der Waals surface area contributed by atoms with Crippen LogP contribution in [0.25, 0.3) is 0 Å². The van der Waals surface area contributed by atoms with Crippen molar-refractivity contribution in [3.8, 4) is 17.2 Å². The molecule has 6 aromatic carbocycles. The lowest BCUT2D eigenvalue weighted by Crippen LogP contribution is -2.42. The molecule has 0 bridgehead atoms. The summed E-state index contributed by atoms with van der Waals surface area (Å²) in [6.07, 6.45) is 1.55. The minimum atomic E-state index is -1.10. The molecule has 91 heavy (non-hydrogen) atoms. The number of carbonyl (C=O) groups excluding carboxylic acids is 9. The van der Waals surface area contributed by atoms with Gasteiger partial charge in [-0.05, 0) is 121 Å². The van der Waals surface area contributed by atoms with Crippen molar-refractivity contribution < 1.29 is 71.6 Å². The molecule has 6 amide bonds. The van der Waals surface area contributed by atoms with Crippen molar-refractivity contribution in [3.63, 3.8) is 0 Å². The number of nitrogens with two attached hydrogens (primary N) is 1. The second kappa shape index (κ2) is 37.7. The monoisotopic (exact) mass is 1250 g/mol. The number of rotatable bonds is 38. The molecule has 3 atom stereocenters. The smallest absolute Gasteiger partial charge is 0.407 e. The van der Waals surface area contributed by atoms with Gasteiger partial charge in [-0.3, -0.25) is 28.8 Å². The topological polar surface area (TPSA) is 295 Å². The zero-order valence-electron chi connectivity index (χ0n) is 52.0.